The number of carbonyl (C=O) groups is 1. The molecular weight excluding hydrogens is 364 g/mol. The molecule has 1 aliphatic rings. The highest BCUT2D eigenvalue weighted by atomic mass is 16.5. The molecule has 1 saturated carbocycles. The van der Waals surface area contributed by atoms with Crippen LogP contribution in [0.2, 0.25) is 0 Å². The number of aromatic nitrogens is 3. The van der Waals surface area contributed by atoms with Gasteiger partial charge in [-0.1, -0.05) is 25.3 Å². The highest BCUT2D eigenvalue weighted by Crippen LogP contribution is 2.26. The third-order valence-electron chi connectivity index (χ3n) is 5.77. The van der Waals surface area contributed by atoms with Gasteiger partial charge in [0.25, 0.3) is 0 Å². The van der Waals surface area contributed by atoms with Gasteiger partial charge in [-0.2, -0.15) is 0 Å². The number of benzene rings is 1. The first-order chi connectivity index (χ1) is 14.2. The summed E-state index contributed by atoms with van der Waals surface area (Å²) in [6.45, 7) is 1.41. The molecule has 0 bridgehead atoms. The molecule has 6 nitrogen and oxygen atoms in total. The maximum absolute atomic E-state index is 12.9. The summed E-state index contributed by atoms with van der Waals surface area (Å²) in [5.74, 6) is 0.840. The van der Waals surface area contributed by atoms with Gasteiger partial charge in [0.05, 0.1) is 6.61 Å². The van der Waals surface area contributed by atoms with Gasteiger partial charge < -0.3 is 14.6 Å². The third-order valence-corrected chi connectivity index (χ3v) is 5.77. The third kappa shape index (κ3) is 4.65. The number of H-pyrrole nitrogens is 1. The maximum Gasteiger partial charge on any atom is 0.185 e. The number of carbonyl (C=O) groups excluding carboxylic acids is 1. The highest BCUT2D eigenvalue weighted by Gasteiger charge is 2.23. The topological polar surface area (TPSA) is 71.1 Å². The van der Waals surface area contributed by atoms with Crippen molar-refractivity contribution in [1.29, 1.82) is 0 Å². The van der Waals surface area contributed by atoms with Crippen molar-refractivity contribution >= 4 is 22.5 Å². The van der Waals surface area contributed by atoms with Crippen molar-refractivity contribution in [3.05, 3.63) is 54.1 Å². The smallest absolute Gasteiger partial charge is 0.185 e. The van der Waals surface area contributed by atoms with E-state index in [4.69, 9.17) is 4.74 Å². The van der Waals surface area contributed by atoms with Gasteiger partial charge in [0.2, 0.25) is 0 Å². The second-order valence-electron chi connectivity index (χ2n) is 7.74. The molecule has 1 fully saturated rings. The molecule has 152 valence electrons. The summed E-state index contributed by atoms with van der Waals surface area (Å²) in [6.07, 6.45) is 9.86. The summed E-state index contributed by atoms with van der Waals surface area (Å²) >= 11 is 0. The summed E-state index contributed by atoms with van der Waals surface area (Å²) < 4.78 is 5.32. The Balaban J connectivity index is 1.53. The normalized spacial score (nSPS) is 14.9. The van der Waals surface area contributed by atoms with Gasteiger partial charge in [-0.15, -0.1) is 0 Å². The molecule has 1 N–H and O–H groups in total. The molecule has 2 aromatic heterocycles. The lowest BCUT2D eigenvalue weighted by molar-refractivity contribution is 0.0988. The largest absolute Gasteiger partial charge is 0.383 e. The minimum atomic E-state index is 0.0128. The minimum absolute atomic E-state index is 0.0128. The van der Waals surface area contributed by atoms with E-state index in [1.807, 2.05) is 30.5 Å². The predicted molar refractivity (Wildman–Crippen MR) is 114 cm³/mol. The first-order valence-corrected chi connectivity index (χ1v) is 10.4. The Morgan fingerprint density at radius 1 is 1.17 bits per heavy atom. The SMILES string of the molecule is COCCN(c1cc(C(=O)Cc2ccc3[nH]ccc3c2)ncn1)C1CCCCC1. The molecule has 0 saturated heterocycles. The number of methoxy groups -OCH3 is 1. The Morgan fingerprint density at radius 2 is 2.03 bits per heavy atom. The molecule has 0 atom stereocenters. The maximum atomic E-state index is 12.9. The van der Waals surface area contributed by atoms with E-state index in [0.717, 1.165) is 41.7 Å². The van der Waals surface area contributed by atoms with Crippen molar-refractivity contribution in [2.45, 2.75) is 44.6 Å². The first-order valence-electron chi connectivity index (χ1n) is 10.4. The number of nitrogens with one attached hydrogen (secondary N) is 1. The Hall–Kier alpha value is -2.73. The van der Waals surface area contributed by atoms with Gasteiger partial charge >= 0.3 is 0 Å². The van der Waals surface area contributed by atoms with Crippen LogP contribution in [0.5, 0.6) is 0 Å². The molecule has 0 aliphatic heterocycles. The van der Waals surface area contributed by atoms with Crippen LogP contribution >= 0.6 is 0 Å². The monoisotopic (exact) mass is 392 g/mol. The van der Waals surface area contributed by atoms with E-state index in [2.05, 4.69) is 25.9 Å². The standard InChI is InChI=1S/C23H28N4O2/c1-29-12-11-27(19-5-3-2-4-6-19)23-15-21(25-16-26-23)22(28)14-17-7-8-20-18(13-17)9-10-24-20/h7-10,13,15-16,19,24H,2-6,11-12,14H2,1H3. The molecule has 0 amide bonds. The Kier molecular flexibility index (Phi) is 6.20. The summed E-state index contributed by atoms with van der Waals surface area (Å²) in [7, 11) is 1.72. The van der Waals surface area contributed by atoms with Crippen LogP contribution in [-0.4, -0.2) is 47.0 Å². The molecular formula is C23H28N4O2. The molecule has 0 spiro atoms. The second kappa shape index (κ2) is 9.18. The number of hydrogen-bond donors (Lipinski definition) is 1. The van der Waals surface area contributed by atoms with E-state index in [-0.39, 0.29) is 5.78 Å². The van der Waals surface area contributed by atoms with Crippen molar-refractivity contribution in [3.8, 4) is 0 Å². The van der Waals surface area contributed by atoms with Crippen LogP contribution in [0, 0.1) is 0 Å². The molecule has 1 aromatic carbocycles. The summed E-state index contributed by atoms with van der Waals surface area (Å²) in [4.78, 5) is 27.2. The van der Waals surface area contributed by atoms with Crippen LogP contribution in [-0.2, 0) is 11.2 Å². The van der Waals surface area contributed by atoms with Gasteiger partial charge in [0.15, 0.2) is 5.78 Å². The average molecular weight is 393 g/mol. The number of rotatable bonds is 8. The summed E-state index contributed by atoms with van der Waals surface area (Å²) in [5, 5.41) is 1.11. The van der Waals surface area contributed by atoms with Gasteiger partial charge in [-0.05, 0) is 42.0 Å². The Labute approximate surface area is 171 Å². The fourth-order valence-electron chi connectivity index (χ4n) is 4.21. The van der Waals surface area contributed by atoms with E-state index >= 15 is 0 Å². The molecule has 0 unspecified atom stereocenters. The zero-order valence-electron chi connectivity index (χ0n) is 16.9. The number of aromatic amines is 1. The molecule has 3 aromatic rings. The quantitative estimate of drug-likeness (QED) is 0.583. The van der Waals surface area contributed by atoms with Crippen LogP contribution < -0.4 is 4.90 Å². The molecule has 2 heterocycles. The lowest BCUT2D eigenvalue weighted by atomic mass is 9.94. The number of ketones is 1. The van der Waals surface area contributed by atoms with Gasteiger partial charge in [0.1, 0.15) is 17.8 Å². The van der Waals surface area contributed by atoms with E-state index in [0.29, 0.717) is 24.8 Å². The second-order valence-corrected chi connectivity index (χ2v) is 7.74. The average Bonchev–Trinajstić information content (AvgIpc) is 3.23. The fraction of sp³-hybridized carbons (Fsp3) is 0.435. The van der Waals surface area contributed by atoms with Crippen LogP contribution in [0.4, 0.5) is 5.82 Å². The number of hydrogen-bond acceptors (Lipinski definition) is 5. The van der Waals surface area contributed by atoms with Crippen LogP contribution in [0.15, 0.2) is 42.9 Å². The first kappa shape index (κ1) is 19.6. The molecule has 1 aliphatic carbocycles. The molecule has 29 heavy (non-hydrogen) atoms. The van der Waals surface area contributed by atoms with E-state index in [9.17, 15) is 4.79 Å². The van der Waals surface area contributed by atoms with Crippen molar-refractivity contribution in [3.63, 3.8) is 0 Å². The van der Waals surface area contributed by atoms with Crippen LogP contribution in [0.25, 0.3) is 10.9 Å². The Morgan fingerprint density at radius 3 is 2.86 bits per heavy atom. The van der Waals surface area contributed by atoms with Crippen molar-refractivity contribution in [1.82, 2.24) is 15.0 Å². The fourth-order valence-corrected chi connectivity index (χ4v) is 4.21. The van der Waals surface area contributed by atoms with Crippen LogP contribution in [0.1, 0.15) is 48.2 Å². The van der Waals surface area contributed by atoms with Crippen LogP contribution in [0.3, 0.4) is 0 Å². The molecule has 4 rings (SSSR count). The van der Waals surface area contributed by atoms with Gasteiger partial charge in [-0.25, -0.2) is 9.97 Å². The van der Waals surface area contributed by atoms with E-state index in [1.54, 1.807) is 7.11 Å². The van der Waals surface area contributed by atoms with Crippen molar-refractivity contribution < 1.29 is 9.53 Å². The van der Waals surface area contributed by atoms with E-state index < -0.39 is 0 Å². The lowest BCUT2D eigenvalue weighted by Crippen LogP contribution is -2.39. The Bertz CT molecular complexity index is 962. The number of ether oxygens (including phenoxy) is 1. The summed E-state index contributed by atoms with van der Waals surface area (Å²) in [5.41, 5.74) is 2.54. The number of anilines is 1. The minimum Gasteiger partial charge on any atom is -0.383 e. The van der Waals surface area contributed by atoms with Crippen molar-refractivity contribution in [2.24, 2.45) is 0 Å². The van der Waals surface area contributed by atoms with Gasteiger partial charge in [0, 0.05) is 43.9 Å². The number of Topliss-reactive ketones (excluding diaryl/α,β-unsaturated/α-hetero) is 1. The zero-order valence-corrected chi connectivity index (χ0v) is 16.9. The van der Waals surface area contributed by atoms with Crippen molar-refractivity contribution in [2.75, 3.05) is 25.2 Å². The molecule has 6 heteroatoms. The highest BCUT2D eigenvalue weighted by molar-refractivity contribution is 5.96. The zero-order chi connectivity index (χ0) is 20.1. The molecule has 0 radical (unpaired) electrons. The van der Waals surface area contributed by atoms with Gasteiger partial charge in [-0.3, -0.25) is 4.79 Å². The lowest BCUT2D eigenvalue weighted by Gasteiger charge is -2.35. The predicted octanol–water partition coefficient (Wildman–Crippen LogP) is 4.17. The summed E-state index contributed by atoms with van der Waals surface area (Å²) in [6, 6.07) is 10.4. The van der Waals surface area contributed by atoms with E-state index in [1.165, 1.54) is 25.6 Å². The number of nitrogens with zero attached hydrogens (tertiary/aromatic N) is 3. The number of fused-ring (bicyclic) bond motifs is 1.